The van der Waals surface area contributed by atoms with Gasteiger partial charge in [-0.25, -0.2) is 4.90 Å². The monoisotopic (exact) mass is 428 g/mol. The number of hydrogen-bond donors (Lipinski definition) is 0. The lowest BCUT2D eigenvalue weighted by Gasteiger charge is -2.36. The van der Waals surface area contributed by atoms with Gasteiger partial charge in [0.2, 0.25) is 5.91 Å². The van der Waals surface area contributed by atoms with Gasteiger partial charge in [0, 0.05) is 15.0 Å². The first-order valence-electron chi connectivity index (χ1n) is 7.56. The zero-order valence-electron chi connectivity index (χ0n) is 12.4. The number of carbonyl (C=O) groups is 2. The number of carbonyl (C=O) groups excluding carboxylic acids is 2. The van der Waals surface area contributed by atoms with Gasteiger partial charge in [-0.3, -0.25) is 14.5 Å². The van der Waals surface area contributed by atoms with Gasteiger partial charge in [0.25, 0.3) is 5.91 Å². The third-order valence-electron chi connectivity index (χ3n) is 4.53. The maximum absolute atomic E-state index is 12.8. The minimum absolute atomic E-state index is 0.0956. The van der Waals surface area contributed by atoms with Gasteiger partial charge in [-0.2, -0.15) is 0 Å². The molecule has 4 nitrogen and oxygen atoms in total. The fourth-order valence-electron chi connectivity index (χ4n) is 3.37. The lowest BCUT2D eigenvalue weighted by molar-refractivity contribution is -0.123. The van der Waals surface area contributed by atoms with Crippen molar-refractivity contribution < 1.29 is 9.59 Å². The van der Waals surface area contributed by atoms with E-state index in [9.17, 15) is 9.59 Å². The molecule has 0 aliphatic carbocycles. The van der Waals surface area contributed by atoms with E-state index in [2.05, 4.69) is 43.7 Å². The van der Waals surface area contributed by atoms with E-state index in [-0.39, 0.29) is 24.3 Å². The highest BCUT2D eigenvalue weighted by Crippen LogP contribution is 2.35. The molecule has 2 heterocycles. The fourth-order valence-corrected chi connectivity index (χ4v) is 4.60. The predicted molar refractivity (Wildman–Crippen MR) is 92.8 cm³/mol. The second-order valence-corrected chi connectivity index (χ2v) is 7.74. The van der Waals surface area contributed by atoms with Crippen LogP contribution in [0.4, 0.5) is 5.69 Å². The number of amides is 2. The summed E-state index contributed by atoms with van der Waals surface area (Å²) in [4.78, 5) is 28.8. The highest BCUT2D eigenvalue weighted by atomic mass is 79.9. The van der Waals surface area contributed by atoms with Crippen LogP contribution < -0.4 is 4.90 Å². The van der Waals surface area contributed by atoms with Crippen molar-refractivity contribution in [1.82, 2.24) is 4.90 Å². The quantitative estimate of drug-likeness (QED) is 0.672. The van der Waals surface area contributed by atoms with Crippen LogP contribution in [-0.4, -0.2) is 35.3 Å². The van der Waals surface area contributed by atoms with E-state index in [1.54, 1.807) is 6.07 Å². The Labute approximate surface area is 147 Å². The molecule has 0 aromatic heterocycles. The minimum atomic E-state index is -0.307. The van der Waals surface area contributed by atoms with Crippen LogP contribution in [-0.2, 0) is 9.59 Å². The molecule has 0 spiro atoms. The van der Waals surface area contributed by atoms with Gasteiger partial charge in [0.1, 0.15) is 0 Å². The summed E-state index contributed by atoms with van der Waals surface area (Å²) in [5.41, 5.74) is 0.630. The summed E-state index contributed by atoms with van der Waals surface area (Å²) in [6.07, 6.45) is 3.68. The molecule has 6 heteroatoms. The molecule has 1 aromatic rings. The van der Waals surface area contributed by atoms with E-state index in [0.717, 1.165) is 28.3 Å². The first kappa shape index (κ1) is 16.1. The van der Waals surface area contributed by atoms with Gasteiger partial charge >= 0.3 is 0 Å². The van der Waals surface area contributed by atoms with Crippen LogP contribution in [0.15, 0.2) is 27.1 Å². The minimum Gasteiger partial charge on any atom is -0.289 e. The number of imide groups is 1. The van der Waals surface area contributed by atoms with Crippen molar-refractivity contribution in [1.29, 1.82) is 0 Å². The molecule has 0 saturated carbocycles. The van der Waals surface area contributed by atoms with Gasteiger partial charge < -0.3 is 0 Å². The Bertz CT molecular complexity index is 620. The summed E-state index contributed by atoms with van der Waals surface area (Å²) in [6, 6.07) is 5.55. The fraction of sp³-hybridized carbons (Fsp3) is 0.500. The smallest absolute Gasteiger partial charge is 0.251 e. The highest BCUT2D eigenvalue weighted by Gasteiger charge is 2.44. The number of halogens is 2. The van der Waals surface area contributed by atoms with E-state index in [1.165, 1.54) is 11.3 Å². The van der Waals surface area contributed by atoms with Gasteiger partial charge in [-0.05, 0) is 60.4 Å². The molecule has 118 valence electrons. The van der Waals surface area contributed by atoms with Gasteiger partial charge in [0.15, 0.2) is 0 Å². The van der Waals surface area contributed by atoms with Crippen molar-refractivity contribution in [2.24, 2.45) is 0 Å². The summed E-state index contributed by atoms with van der Waals surface area (Å²) in [5.74, 6) is -0.211. The molecule has 0 unspecified atom stereocenters. The van der Waals surface area contributed by atoms with Crippen molar-refractivity contribution >= 4 is 49.4 Å². The van der Waals surface area contributed by atoms with Gasteiger partial charge in [-0.15, -0.1) is 0 Å². The van der Waals surface area contributed by atoms with Crippen LogP contribution >= 0.6 is 31.9 Å². The zero-order valence-corrected chi connectivity index (χ0v) is 15.6. The lowest BCUT2D eigenvalue weighted by atomic mass is 10.0. The second-order valence-electron chi connectivity index (χ2n) is 5.97. The van der Waals surface area contributed by atoms with Crippen molar-refractivity contribution in [3.63, 3.8) is 0 Å². The normalized spacial score (nSPS) is 26.8. The van der Waals surface area contributed by atoms with Crippen LogP contribution in [0.1, 0.15) is 32.6 Å². The Morgan fingerprint density at radius 3 is 2.64 bits per heavy atom. The van der Waals surface area contributed by atoms with E-state index in [4.69, 9.17) is 0 Å². The third kappa shape index (κ3) is 2.88. The Kier molecular flexibility index (Phi) is 4.71. The lowest BCUT2D eigenvalue weighted by Crippen LogP contribution is -2.48. The van der Waals surface area contributed by atoms with E-state index in [0.29, 0.717) is 11.7 Å². The summed E-state index contributed by atoms with van der Waals surface area (Å²) in [6.45, 7) is 3.05. The average molecular weight is 430 g/mol. The molecule has 2 amide bonds. The number of rotatable bonds is 2. The summed E-state index contributed by atoms with van der Waals surface area (Å²) >= 11 is 6.84. The Morgan fingerprint density at radius 1 is 1.18 bits per heavy atom. The summed E-state index contributed by atoms with van der Waals surface area (Å²) in [5, 5.41) is 0. The van der Waals surface area contributed by atoms with Gasteiger partial charge in [-0.1, -0.05) is 22.4 Å². The molecule has 22 heavy (non-hydrogen) atoms. The maximum atomic E-state index is 12.8. The van der Waals surface area contributed by atoms with Crippen LogP contribution in [0, 0.1) is 0 Å². The predicted octanol–water partition coefficient (Wildman–Crippen LogP) is 3.72. The number of hydrogen-bond acceptors (Lipinski definition) is 3. The molecule has 3 rings (SSSR count). The number of benzene rings is 1. The van der Waals surface area contributed by atoms with Crippen molar-refractivity contribution in [2.75, 3.05) is 11.4 Å². The van der Waals surface area contributed by atoms with Gasteiger partial charge in [0.05, 0.1) is 18.2 Å². The average Bonchev–Trinajstić information content (AvgIpc) is 2.75. The molecule has 2 saturated heterocycles. The number of likely N-dealkylation sites (tertiary alicyclic amines) is 1. The molecule has 0 N–H and O–H groups in total. The standard InChI is InChI=1S/C16H18Br2N2O2/c1-10-4-2-3-7-19(10)14-9-15(21)20(16(14)22)13-6-5-11(17)8-12(13)18/h5-6,8,10,14H,2-4,7,9H2,1H3/t10-,14+/m0/s1. The van der Waals surface area contributed by atoms with Crippen LogP contribution in [0.3, 0.4) is 0 Å². The SMILES string of the molecule is C[C@H]1CCCCN1[C@@H]1CC(=O)N(c2ccc(Br)cc2Br)C1=O. The second kappa shape index (κ2) is 6.42. The first-order valence-corrected chi connectivity index (χ1v) is 9.15. The molecular weight excluding hydrogens is 412 g/mol. The van der Waals surface area contributed by atoms with Crippen LogP contribution in [0.2, 0.25) is 0 Å². The largest absolute Gasteiger partial charge is 0.289 e. The number of piperidine rings is 1. The molecule has 2 aliphatic heterocycles. The molecule has 2 fully saturated rings. The van der Waals surface area contributed by atoms with E-state index < -0.39 is 0 Å². The molecule has 1 aromatic carbocycles. The third-order valence-corrected chi connectivity index (χ3v) is 5.66. The Balaban J connectivity index is 1.88. The van der Waals surface area contributed by atoms with Crippen molar-refractivity contribution in [2.45, 2.75) is 44.7 Å². The summed E-state index contributed by atoms with van der Waals surface area (Å²) in [7, 11) is 0. The molecule has 2 aliphatic rings. The van der Waals surface area contributed by atoms with E-state index >= 15 is 0 Å². The van der Waals surface area contributed by atoms with E-state index in [1.807, 2.05) is 12.1 Å². The summed E-state index contributed by atoms with van der Waals surface area (Å²) < 4.78 is 1.65. The van der Waals surface area contributed by atoms with Crippen molar-refractivity contribution in [3.8, 4) is 0 Å². The Hall–Kier alpha value is -0.720. The maximum Gasteiger partial charge on any atom is 0.251 e. The zero-order chi connectivity index (χ0) is 15.9. The van der Waals surface area contributed by atoms with Crippen LogP contribution in [0.25, 0.3) is 0 Å². The molecule has 2 atom stereocenters. The highest BCUT2D eigenvalue weighted by molar-refractivity contribution is 9.11. The van der Waals surface area contributed by atoms with Crippen molar-refractivity contribution in [3.05, 3.63) is 27.1 Å². The molecule has 0 bridgehead atoms. The topological polar surface area (TPSA) is 40.6 Å². The van der Waals surface area contributed by atoms with Crippen LogP contribution in [0.5, 0.6) is 0 Å². The number of nitrogens with zero attached hydrogens (tertiary/aromatic N) is 2. The Morgan fingerprint density at radius 2 is 1.95 bits per heavy atom. The number of anilines is 1. The molecule has 0 radical (unpaired) electrons. The first-order chi connectivity index (χ1) is 10.5. The molecular formula is C16H18Br2N2O2.